The minimum absolute atomic E-state index is 0.335. The van der Waals surface area contributed by atoms with E-state index in [2.05, 4.69) is 6.92 Å². The second kappa shape index (κ2) is 5.75. The summed E-state index contributed by atoms with van der Waals surface area (Å²) < 4.78 is 10.2. The van der Waals surface area contributed by atoms with Gasteiger partial charge in [0.1, 0.15) is 5.60 Å². The maximum absolute atomic E-state index is 11.2. The van der Waals surface area contributed by atoms with Crippen LogP contribution in [0.25, 0.3) is 0 Å². The molecule has 1 aliphatic rings. The van der Waals surface area contributed by atoms with Gasteiger partial charge in [0.05, 0.1) is 6.61 Å². The molecular weight excluding hydrogens is 220 g/mol. The molecule has 0 spiro atoms. The third-order valence-corrected chi connectivity index (χ3v) is 4.69. The average molecular weight is 236 g/mol. The van der Waals surface area contributed by atoms with E-state index >= 15 is 0 Å². The highest BCUT2D eigenvalue weighted by Gasteiger charge is 2.34. The fraction of sp³-hybridized carbons (Fsp3) is 0.889. The van der Waals surface area contributed by atoms with Crippen molar-refractivity contribution >= 4 is 27.7 Å². The summed E-state index contributed by atoms with van der Waals surface area (Å²) in [5.41, 5.74) is -0.335. The lowest BCUT2D eigenvalue weighted by molar-refractivity contribution is -0.00222. The SMILES string of the molecule is CCCCOC(=O)OC1(C)CSSC1. The summed E-state index contributed by atoms with van der Waals surface area (Å²) in [5, 5.41) is 0. The standard InChI is InChI=1S/C9H16O3S2/c1-3-4-5-11-8(10)12-9(2)6-13-14-7-9/h3-7H2,1-2H3. The van der Waals surface area contributed by atoms with Crippen molar-refractivity contribution < 1.29 is 14.3 Å². The van der Waals surface area contributed by atoms with Gasteiger partial charge in [0.2, 0.25) is 0 Å². The molecule has 0 amide bonds. The summed E-state index contributed by atoms with van der Waals surface area (Å²) in [6.45, 7) is 4.47. The van der Waals surface area contributed by atoms with Crippen LogP contribution in [0, 0.1) is 0 Å². The third kappa shape index (κ3) is 4.00. The van der Waals surface area contributed by atoms with Crippen LogP contribution in [0.15, 0.2) is 0 Å². The fourth-order valence-corrected chi connectivity index (χ4v) is 4.08. The van der Waals surface area contributed by atoms with Crippen molar-refractivity contribution in [3.05, 3.63) is 0 Å². The Labute approximate surface area is 92.7 Å². The molecule has 14 heavy (non-hydrogen) atoms. The molecule has 0 atom stereocenters. The largest absolute Gasteiger partial charge is 0.508 e. The van der Waals surface area contributed by atoms with Crippen LogP contribution in [-0.2, 0) is 9.47 Å². The van der Waals surface area contributed by atoms with Crippen LogP contribution in [-0.4, -0.2) is 29.9 Å². The molecule has 0 aromatic carbocycles. The second-order valence-electron chi connectivity index (χ2n) is 3.53. The number of carbonyl (C=O) groups excluding carboxylic acids is 1. The summed E-state index contributed by atoms with van der Waals surface area (Å²) in [4.78, 5) is 11.2. The number of carbonyl (C=O) groups is 1. The highest BCUT2D eigenvalue weighted by atomic mass is 33.1. The predicted molar refractivity (Wildman–Crippen MR) is 60.7 cm³/mol. The lowest BCUT2D eigenvalue weighted by atomic mass is 10.2. The maximum Gasteiger partial charge on any atom is 0.508 e. The topological polar surface area (TPSA) is 35.5 Å². The molecule has 1 heterocycles. The molecule has 1 rings (SSSR count). The van der Waals surface area contributed by atoms with Gasteiger partial charge in [-0.25, -0.2) is 4.79 Å². The van der Waals surface area contributed by atoms with Crippen molar-refractivity contribution in [1.29, 1.82) is 0 Å². The van der Waals surface area contributed by atoms with E-state index in [4.69, 9.17) is 9.47 Å². The lowest BCUT2D eigenvalue weighted by Crippen LogP contribution is -2.34. The van der Waals surface area contributed by atoms with Gasteiger partial charge in [0.15, 0.2) is 0 Å². The van der Waals surface area contributed by atoms with E-state index in [0.717, 1.165) is 24.3 Å². The van der Waals surface area contributed by atoms with Crippen LogP contribution in [0.3, 0.4) is 0 Å². The van der Waals surface area contributed by atoms with Gasteiger partial charge >= 0.3 is 6.16 Å². The Bertz CT molecular complexity index is 190. The van der Waals surface area contributed by atoms with E-state index in [1.807, 2.05) is 6.92 Å². The first kappa shape index (κ1) is 12.0. The summed E-state index contributed by atoms with van der Waals surface area (Å²) in [6, 6.07) is 0. The maximum atomic E-state index is 11.2. The number of hydrogen-bond acceptors (Lipinski definition) is 5. The Balaban J connectivity index is 2.19. The molecule has 5 heteroatoms. The van der Waals surface area contributed by atoms with Gasteiger partial charge in [-0.15, -0.1) is 0 Å². The zero-order valence-electron chi connectivity index (χ0n) is 8.58. The summed E-state index contributed by atoms with van der Waals surface area (Å²) in [6.07, 6.45) is 1.40. The summed E-state index contributed by atoms with van der Waals surface area (Å²) >= 11 is 0. The van der Waals surface area contributed by atoms with E-state index in [1.165, 1.54) is 0 Å². The van der Waals surface area contributed by atoms with Crippen molar-refractivity contribution in [2.45, 2.75) is 32.3 Å². The molecule has 0 aromatic rings. The molecule has 0 bridgehead atoms. The van der Waals surface area contributed by atoms with Crippen molar-refractivity contribution in [1.82, 2.24) is 0 Å². The van der Waals surface area contributed by atoms with Crippen LogP contribution < -0.4 is 0 Å². The van der Waals surface area contributed by atoms with Crippen molar-refractivity contribution in [2.75, 3.05) is 18.1 Å². The third-order valence-electron chi connectivity index (χ3n) is 1.86. The monoisotopic (exact) mass is 236 g/mol. The Hall–Kier alpha value is -0.0300. The first-order chi connectivity index (χ1) is 6.66. The highest BCUT2D eigenvalue weighted by Crippen LogP contribution is 2.39. The van der Waals surface area contributed by atoms with Gasteiger partial charge < -0.3 is 9.47 Å². The number of hydrogen-bond donors (Lipinski definition) is 0. The van der Waals surface area contributed by atoms with Crippen molar-refractivity contribution in [3.63, 3.8) is 0 Å². The minimum atomic E-state index is -0.524. The summed E-state index contributed by atoms with van der Waals surface area (Å²) in [5.74, 6) is 1.70. The molecule has 0 unspecified atom stereocenters. The average Bonchev–Trinajstić information content (AvgIpc) is 2.52. The molecule has 0 aromatic heterocycles. The number of rotatable bonds is 4. The van der Waals surface area contributed by atoms with Gasteiger partial charge in [-0.05, 0) is 13.3 Å². The Morgan fingerprint density at radius 3 is 2.64 bits per heavy atom. The normalized spacial score (nSPS) is 19.3. The molecule has 0 saturated carbocycles. The predicted octanol–water partition coefficient (Wildman–Crippen LogP) is 3.09. The minimum Gasteiger partial charge on any atom is -0.434 e. The van der Waals surface area contributed by atoms with Gasteiger partial charge in [0.25, 0.3) is 0 Å². The van der Waals surface area contributed by atoms with E-state index in [9.17, 15) is 4.79 Å². The smallest absolute Gasteiger partial charge is 0.434 e. The Kier molecular flexibility index (Phi) is 4.95. The molecule has 1 saturated heterocycles. The summed E-state index contributed by atoms with van der Waals surface area (Å²) in [7, 11) is 3.47. The van der Waals surface area contributed by atoms with E-state index < -0.39 is 6.16 Å². The van der Waals surface area contributed by atoms with Crippen LogP contribution in [0.4, 0.5) is 4.79 Å². The molecule has 1 aliphatic heterocycles. The molecular formula is C9H16O3S2. The molecule has 1 fully saturated rings. The number of unbranched alkanes of at least 4 members (excludes halogenated alkanes) is 1. The molecule has 82 valence electrons. The van der Waals surface area contributed by atoms with Gasteiger partial charge in [-0.1, -0.05) is 34.9 Å². The number of ether oxygens (including phenoxy) is 2. The van der Waals surface area contributed by atoms with E-state index in [1.54, 1.807) is 21.6 Å². The van der Waals surface area contributed by atoms with Crippen molar-refractivity contribution in [2.24, 2.45) is 0 Å². The zero-order valence-corrected chi connectivity index (χ0v) is 10.2. The lowest BCUT2D eigenvalue weighted by Gasteiger charge is -2.21. The Morgan fingerprint density at radius 2 is 2.07 bits per heavy atom. The van der Waals surface area contributed by atoms with E-state index in [0.29, 0.717) is 6.61 Å². The molecule has 0 N–H and O–H groups in total. The highest BCUT2D eigenvalue weighted by molar-refractivity contribution is 8.77. The van der Waals surface area contributed by atoms with Crippen LogP contribution in [0.1, 0.15) is 26.7 Å². The van der Waals surface area contributed by atoms with E-state index in [-0.39, 0.29) is 5.60 Å². The van der Waals surface area contributed by atoms with Crippen LogP contribution in [0.2, 0.25) is 0 Å². The second-order valence-corrected chi connectivity index (χ2v) is 5.99. The molecule has 0 aliphatic carbocycles. The van der Waals surface area contributed by atoms with Crippen LogP contribution >= 0.6 is 21.6 Å². The fourth-order valence-electron chi connectivity index (χ4n) is 0.964. The zero-order chi connectivity index (χ0) is 10.4. The molecule has 0 radical (unpaired) electrons. The van der Waals surface area contributed by atoms with Crippen LogP contribution in [0.5, 0.6) is 0 Å². The van der Waals surface area contributed by atoms with Gasteiger partial charge in [-0.3, -0.25) is 0 Å². The Morgan fingerprint density at radius 1 is 1.43 bits per heavy atom. The molecule has 3 nitrogen and oxygen atoms in total. The van der Waals surface area contributed by atoms with Gasteiger partial charge in [0, 0.05) is 11.5 Å². The van der Waals surface area contributed by atoms with Crippen molar-refractivity contribution in [3.8, 4) is 0 Å². The first-order valence-corrected chi connectivity index (χ1v) is 7.25. The quantitative estimate of drug-likeness (QED) is 0.426. The van der Waals surface area contributed by atoms with Gasteiger partial charge in [-0.2, -0.15) is 0 Å². The first-order valence-electron chi connectivity index (χ1n) is 4.76.